The van der Waals surface area contributed by atoms with Gasteiger partial charge in [-0.2, -0.15) is 0 Å². The zero-order valence-electron chi connectivity index (χ0n) is 11.9. The molecule has 0 saturated carbocycles. The lowest BCUT2D eigenvalue weighted by atomic mass is 10.0. The summed E-state index contributed by atoms with van der Waals surface area (Å²) in [5.41, 5.74) is 1.98. The summed E-state index contributed by atoms with van der Waals surface area (Å²) in [4.78, 5) is 3.57. The van der Waals surface area contributed by atoms with Gasteiger partial charge in [0.25, 0.3) is 10.0 Å². The van der Waals surface area contributed by atoms with E-state index >= 15 is 0 Å². The largest absolute Gasteiger partial charge is 0.261 e. The van der Waals surface area contributed by atoms with Crippen LogP contribution in [0.3, 0.4) is 0 Å². The van der Waals surface area contributed by atoms with Crippen LogP contribution in [0.4, 0.5) is 4.39 Å². The average Bonchev–Trinajstić information content (AvgIpc) is 2.46. The van der Waals surface area contributed by atoms with Gasteiger partial charge in [-0.25, -0.2) is 22.5 Å². The van der Waals surface area contributed by atoms with Crippen molar-refractivity contribution in [3.05, 3.63) is 59.5 Å². The number of halogens is 1. The normalized spacial score (nSPS) is 11.8. The highest BCUT2D eigenvalue weighted by Crippen LogP contribution is 2.15. The minimum Gasteiger partial charge on any atom is -0.241 e. The second kappa shape index (κ2) is 6.32. The summed E-state index contributed by atoms with van der Waals surface area (Å²) < 4.78 is 39.8. The number of rotatable bonds is 5. The fourth-order valence-corrected chi connectivity index (χ4v) is 2.85. The number of nitrogens with one attached hydrogen (secondary N) is 1. The first-order valence-electron chi connectivity index (χ1n) is 6.59. The van der Waals surface area contributed by atoms with Crippen LogP contribution in [0.2, 0.25) is 0 Å². The van der Waals surface area contributed by atoms with Crippen LogP contribution in [0.15, 0.2) is 47.6 Å². The van der Waals surface area contributed by atoms with Crippen LogP contribution in [0.25, 0.3) is 0 Å². The summed E-state index contributed by atoms with van der Waals surface area (Å²) in [5.74, 6) is -0.446. The van der Waals surface area contributed by atoms with Crippen LogP contribution >= 0.6 is 0 Å². The Bertz CT molecular complexity index is 713. The monoisotopic (exact) mass is 308 g/mol. The molecule has 0 radical (unpaired) electrons. The van der Waals surface area contributed by atoms with Crippen LogP contribution in [-0.2, 0) is 16.6 Å². The molecule has 1 aromatic heterocycles. The molecule has 0 aliphatic heterocycles. The second-order valence-electron chi connectivity index (χ2n) is 5.01. The summed E-state index contributed by atoms with van der Waals surface area (Å²) >= 11 is 0. The summed E-state index contributed by atoms with van der Waals surface area (Å²) in [5, 5.41) is -0.580. The molecule has 2 aromatic rings. The first-order valence-corrected chi connectivity index (χ1v) is 8.07. The molecule has 0 bridgehead atoms. The summed E-state index contributed by atoms with van der Waals surface area (Å²) in [7, 11) is -3.95. The Labute approximate surface area is 124 Å². The lowest BCUT2D eigenvalue weighted by Gasteiger charge is -2.09. The molecule has 0 aliphatic carbocycles. The van der Waals surface area contributed by atoms with Crippen molar-refractivity contribution in [2.45, 2.75) is 31.3 Å². The highest BCUT2D eigenvalue weighted by Gasteiger charge is 2.19. The lowest BCUT2D eigenvalue weighted by Crippen LogP contribution is -2.25. The van der Waals surface area contributed by atoms with Gasteiger partial charge < -0.3 is 0 Å². The third kappa shape index (κ3) is 3.86. The van der Waals surface area contributed by atoms with Gasteiger partial charge in [0.15, 0.2) is 5.82 Å². The van der Waals surface area contributed by atoms with E-state index in [1.807, 2.05) is 24.3 Å². The minimum absolute atomic E-state index is 0.0940. The highest BCUT2D eigenvalue weighted by atomic mass is 32.2. The average molecular weight is 308 g/mol. The number of aromatic nitrogens is 1. The van der Waals surface area contributed by atoms with Crippen molar-refractivity contribution in [3.8, 4) is 0 Å². The predicted molar refractivity (Wildman–Crippen MR) is 78.8 cm³/mol. The van der Waals surface area contributed by atoms with Crippen LogP contribution < -0.4 is 4.72 Å². The Morgan fingerprint density at radius 2 is 1.86 bits per heavy atom. The fraction of sp³-hybridized carbons (Fsp3) is 0.267. The number of hydrogen-bond acceptors (Lipinski definition) is 3. The molecule has 21 heavy (non-hydrogen) atoms. The first kappa shape index (κ1) is 15.6. The number of pyridine rings is 1. The zero-order chi connectivity index (χ0) is 15.5. The van der Waals surface area contributed by atoms with Gasteiger partial charge in [0.1, 0.15) is 0 Å². The van der Waals surface area contributed by atoms with E-state index in [2.05, 4.69) is 23.6 Å². The quantitative estimate of drug-likeness (QED) is 0.924. The molecule has 1 aromatic carbocycles. The van der Waals surface area contributed by atoms with Gasteiger partial charge >= 0.3 is 0 Å². The van der Waals surface area contributed by atoms with E-state index in [-0.39, 0.29) is 6.54 Å². The molecule has 0 fully saturated rings. The van der Waals surface area contributed by atoms with E-state index in [0.29, 0.717) is 5.92 Å². The number of sulfonamides is 1. The summed E-state index contributed by atoms with van der Waals surface area (Å²) in [6.07, 6.45) is 1.25. The molecular formula is C15H17FN2O2S. The molecule has 4 nitrogen and oxygen atoms in total. The molecule has 0 spiro atoms. The molecule has 1 heterocycles. The Hall–Kier alpha value is -1.79. The van der Waals surface area contributed by atoms with E-state index in [0.717, 1.165) is 11.6 Å². The highest BCUT2D eigenvalue weighted by molar-refractivity contribution is 7.89. The molecule has 0 unspecified atom stereocenters. The Morgan fingerprint density at radius 3 is 2.43 bits per heavy atom. The molecule has 0 amide bonds. The topological polar surface area (TPSA) is 59.1 Å². The van der Waals surface area contributed by atoms with Gasteiger partial charge in [-0.3, -0.25) is 0 Å². The van der Waals surface area contributed by atoms with Crippen molar-refractivity contribution in [1.82, 2.24) is 9.71 Å². The third-order valence-corrected chi connectivity index (χ3v) is 4.43. The van der Waals surface area contributed by atoms with Crippen molar-refractivity contribution in [2.24, 2.45) is 0 Å². The molecule has 6 heteroatoms. The van der Waals surface area contributed by atoms with Crippen molar-refractivity contribution in [3.63, 3.8) is 0 Å². The fourth-order valence-electron chi connectivity index (χ4n) is 1.84. The predicted octanol–water partition coefficient (Wildman–Crippen LogP) is 2.82. The SMILES string of the molecule is CC(C)c1ccc(CNS(=O)(=O)c2ncccc2F)cc1. The molecule has 0 aliphatic rings. The minimum atomic E-state index is -3.95. The van der Waals surface area contributed by atoms with E-state index in [4.69, 9.17) is 0 Å². The maximum Gasteiger partial charge on any atom is 0.261 e. The van der Waals surface area contributed by atoms with Crippen LogP contribution in [0, 0.1) is 5.82 Å². The van der Waals surface area contributed by atoms with E-state index in [1.165, 1.54) is 17.8 Å². The van der Waals surface area contributed by atoms with Crippen LogP contribution in [-0.4, -0.2) is 13.4 Å². The molecular weight excluding hydrogens is 291 g/mol. The van der Waals surface area contributed by atoms with Crippen molar-refractivity contribution < 1.29 is 12.8 Å². The first-order chi connectivity index (χ1) is 9.90. The van der Waals surface area contributed by atoms with E-state index in [9.17, 15) is 12.8 Å². The van der Waals surface area contributed by atoms with Gasteiger partial charge in [-0.1, -0.05) is 38.1 Å². The molecule has 112 valence electrons. The van der Waals surface area contributed by atoms with Gasteiger partial charge in [-0.05, 0) is 29.2 Å². The van der Waals surface area contributed by atoms with Gasteiger partial charge in [-0.15, -0.1) is 0 Å². The zero-order valence-corrected chi connectivity index (χ0v) is 12.7. The Kier molecular flexibility index (Phi) is 4.69. The lowest BCUT2D eigenvalue weighted by molar-refractivity contribution is 0.544. The van der Waals surface area contributed by atoms with Gasteiger partial charge in [0.2, 0.25) is 5.03 Å². The Morgan fingerprint density at radius 1 is 1.19 bits per heavy atom. The van der Waals surface area contributed by atoms with Gasteiger partial charge in [0, 0.05) is 12.7 Å². The van der Waals surface area contributed by atoms with Crippen molar-refractivity contribution in [2.75, 3.05) is 0 Å². The number of nitrogens with zero attached hydrogens (tertiary/aromatic N) is 1. The van der Waals surface area contributed by atoms with Crippen LogP contribution in [0.1, 0.15) is 30.9 Å². The van der Waals surface area contributed by atoms with Crippen LogP contribution in [0.5, 0.6) is 0 Å². The second-order valence-corrected chi connectivity index (χ2v) is 6.69. The standard InChI is InChI=1S/C15H17FN2O2S/c1-11(2)13-7-5-12(6-8-13)10-18-21(19,20)15-14(16)4-3-9-17-15/h3-9,11,18H,10H2,1-2H3. The number of benzene rings is 1. The summed E-state index contributed by atoms with van der Waals surface area (Å²) in [6.45, 7) is 4.26. The Balaban J connectivity index is 2.10. The van der Waals surface area contributed by atoms with Gasteiger partial charge in [0.05, 0.1) is 0 Å². The molecule has 0 atom stereocenters. The van der Waals surface area contributed by atoms with Crippen molar-refractivity contribution in [1.29, 1.82) is 0 Å². The smallest absolute Gasteiger partial charge is 0.241 e. The number of hydrogen-bond donors (Lipinski definition) is 1. The third-order valence-electron chi connectivity index (χ3n) is 3.09. The molecule has 2 rings (SSSR count). The van der Waals surface area contributed by atoms with E-state index < -0.39 is 20.9 Å². The van der Waals surface area contributed by atoms with E-state index in [1.54, 1.807) is 0 Å². The molecule has 1 N–H and O–H groups in total. The summed E-state index contributed by atoms with van der Waals surface area (Å²) in [6, 6.07) is 10.0. The molecule has 0 saturated heterocycles. The maximum atomic E-state index is 13.5. The van der Waals surface area contributed by atoms with Crippen molar-refractivity contribution >= 4 is 10.0 Å². The maximum absolute atomic E-state index is 13.5.